The van der Waals surface area contributed by atoms with E-state index in [2.05, 4.69) is 10.0 Å². The number of carbonyl (C=O) groups is 1. The summed E-state index contributed by atoms with van der Waals surface area (Å²) in [5, 5.41) is 2.76. The van der Waals surface area contributed by atoms with E-state index >= 15 is 0 Å². The van der Waals surface area contributed by atoms with Gasteiger partial charge >= 0.3 is 0 Å². The Balaban J connectivity index is 1.62. The van der Waals surface area contributed by atoms with Gasteiger partial charge < -0.3 is 19.5 Å². The number of hydrogen-bond donors (Lipinski definition) is 2. The van der Waals surface area contributed by atoms with Crippen molar-refractivity contribution in [2.45, 2.75) is 23.8 Å². The molecule has 2 aromatic carbocycles. The van der Waals surface area contributed by atoms with Gasteiger partial charge in [0.05, 0.1) is 23.2 Å². The highest BCUT2D eigenvalue weighted by molar-refractivity contribution is 7.89. The van der Waals surface area contributed by atoms with Gasteiger partial charge in [0.25, 0.3) is 5.91 Å². The van der Waals surface area contributed by atoms with Crippen LogP contribution in [0.5, 0.6) is 5.75 Å². The number of amides is 1. The molecule has 1 amide bonds. The van der Waals surface area contributed by atoms with E-state index in [1.807, 2.05) is 0 Å². The molecule has 1 aliphatic heterocycles. The average molecular weight is 435 g/mol. The number of rotatable bonds is 10. The Morgan fingerprint density at radius 2 is 1.90 bits per heavy atom. The van der Waals surface area contributed by atoms with Crippen LogP contribution in [0.15, 0.2) is 53.4 Å². The zero-order chi connectivity index (χ0) is 21.4. The zero-order valence-electron chi connectivity index (χ0n) is 16.8. The molecule has 0 spiro atoms. The molecule has 1 saturated heterocycles. The van der Waals surface area contributed by atoms with Gasteiger partial charge in [-0.3, -0.25) is 4.79 Å². The highest BCUT2D eigenvalue weighted by Gasteiger charge is 2.20. The van der Waals surface area contributed by atoms with Crippen LogP contribution in [0, 0.1) is 0 Å². The van der Waals surface area contributed by atoms with Gasteiger partial charge in [0.2, 0.25) is 10.0 Å². The smallest absolute Gasteiger partial charge is 0.259 e. The highest BCUT2D eigenvalue weighted by Crippen LogP contribution is 2.21. The van der Waals surface area contributed by atoms with E-state index in [1.165, 1.54) is 12.1 Å². The molecule has 0 saturated carbocycles. The molecule has 1 unspecified atom stereocenters. The SMILES string of the molecule is COCCOc1ccccc1C(=O)Nc1ccc(S(=O)(=O)NCC2CCCO2)cc1. The van der Waals surface area contributed by atoms with E-state index in [-0.39, 0.29) is 23.5 Å². The van der Waals surface area contributed by atoms with Gasteiger partial charge in [-0.2, -0.15) is 0 Å². The third kappa shape index (κ3) is 6.02. The summed E-state index contributed by atoms with van der Waals surface area (Å²) >= 11 is 0. The summed E-state index contributed by atoms with van der Waals surface area (Å²) in [7, 11) is -2.07. The summed E-state index contributed by atoms with van der Waals surface area (Å²) in [5.74, 6) is 0.0970. The van der Waals surface area contributed by atoms with Crippen LogP contribution in [0.1, 0.15) is 23.2 Å². The second kappa shape index (κ2) is 10.5. The Morgan fingerprint density at radius 3 is 2.60 bits per heavy atom. The van der Waals surface area contributed by atoms with E-state index in [0.29, 0.717) is 36.8 Å². The molecule has 0 radical (unpaired) electrons. The summed E-state index contributed by atoms with van der Waals surface area (Å²) in [6.07, 6.45) is 1.72. The van der Waals surface area contributed by atoms with Gasteiger partial charge in [-0.1, -0.05) is 12.1 Å². The second-order valence-corrected chi connectivity index (χ2v) is 8.57. The Bertz CT molecular complexity index is 940. The van der Waals surface area contributed by atoms with Crippen molar-refractivity contribution in [3.63, 3.8) is 0 Å². The minimum Gasteiger partial charge on any atom is -0.490 e. The largest absolute Gasteiger partial charge is 0.490 e. The summed E-state index contributed by atoms with van der Waals surface area (Å²) in [6, 6.07) is 12.9. The van der Waals surface area contributed by atoms with Crippen molar-refractivity contribution in [3.05, 3.63) is 54.1 Å². The number of ether oxygens (including phenoxy) is 3. The molecular formula is C21H26N2O6S. The third-order valence-corrected chi connectivity index (χ3v) is 6.06. The number of carbonyl (C=O) groups excluding carboxylic acids is 1. The van der Waals surface area contributed by atoms with Crippen molar-refractivity contribution in [3.8, 4) is 5.75 Å². The number of benzene rings is 2. The molecule has 0 aromatic heterocycles. The standard InChI is InChI=1S/C21H26N2O6S/c1-27-13-14-29-20-7-3-2-6-19(20)21(24)23-16-8-10-18(11-9-16)30(25,26)22-15-17-5-4-12-28-17/h2-3,6-11,17,22H,4-5,12-15H2,1H3,(H,23,24). The molecule has 2 aromatic rings. The fraction of sp³-hybridized carbons (Fsp3) is 0.381. The minimum atomic E-state index is -3.64. The van der Waals surface area contributed by atoms with Crippen LogP contribution < -0.4 is 14.8 Å². The monoisotopic (exact) mass is 434 g/mol. The van der Waals surface area contributed by atoms with Crippen molar-refractivity contribution in [1.29, 1.82) is 0 Å². The number of sulfonamides is 1. The number of anilines is 1. The molecule has 1 aliphatic rings. The van der Waals surface area contributed by atoms with Crippen molar-refractivity contribution in [2.75, 3.05) is 38.8 Å². The fourth-order valence-electron chi connectivity index (χ4n) is 3.02. The maximum Gasteiger partial charge on any atom is 0.259 e. The predicted molar refractivity (Wildman–Crippen MR) is 112 cm³/mol. The third-order valence-electron chi connectivity index (χ3n) is 4.62. The first-order valence-electron chi connectivity index (χ1n) is 9.73. The van der Waals surface area contributed by atoms with Gasteiger partial charge in [0, 0.05) is 25.9 Å². The molecule has 0 bridgehead atoms. The summed E-state index contributed by atoms with van der Waals surface area (Å²) in [6.45, 7) is 1.65. The Labute approximate surface area is 176 Å². The van der Waals surface area contributed by atoms with Crippen molar-refractivity contribution < 1.29 is 27.4 Å². The van der Waals surface area contributed by atoms with Gasteiger partial charge in [-0.25, -0.2) is 13.1 Å². The van der Waals surface area contributed by atoms with E-state index in [9.17, 15) is 13.2 Å². The Morgan fingerprint density at radius 1 is 1.13 bits per heavy atom. The maximum atomic E-state index is 12.6. The fourth-order valence-corrected chi connectivity index (χ4v) is 4.09. The summed E-state index contributed by atoms with van der Waals surface area (Å²) in [5.41, 5.74) is 0.855. The molecular weight excluding hydrogens is 408 g/mol. The Kier molecular flexibility index (Phi) is 7.81. The summed E-state index contributed by atoms with van der Waals surface area (Å²) in [4.78, 5) is 12.8. The lowest BCUT2D eigenvalue weighted by Gasteiger charge is -2.13. The van der Waals surface area contributed by atoms with Crippen LogP contribution in [-0.2, 0) is 19.5 Å². The predicted octanol–water partition coefficient (Wildman–Crippen LogP) is 2.42. The first kappa shape index (κ1) is 22.2. The van der Waals surface area contributed by atoms with Gasteiger partial charge in [0.1, 0.15) is 12.4 Å². The van der Waals surface area contributed by atoms with Crippen LogP contribution in [0.25, 0.3) is 0 Å². The molecule has 2 N–H and O–H groups in total. The number of para-hydroxylation sites is 1. The molecule has 3 rings (SSSR count). The first-order chi connectivity index (χ1) is 14.5. The van der Waals surface area contributed by atoms with Gasteiger partial charge in [-0.15, -0.1) is 0 Å². The molecule has 30 heavy (non-hydrogen) atoms. The lowest BCUT2D eigenvalue weighted by atomic mass is 10.2. The van der Waals surface area contributed by atoms with E-state index in [4.69, 9.17) is 14.2 Å². The number of hydrogen-bond acceptors (Lipinski definition) is 6. The van der Waals surface area contributed by atoms with Crippen molar-refractivity contribution in [1.82, 2.24) is 4.72 Å². The van der Waals surface area contributed by atoms with E-state index in [1.54, 1.807) is 43.5 Å². The second-order valence-electron chi connectivity index (χ2n) is 6.80. The normalized spacial score (nSPS) is 16.4. The lowest BCUT2D eigenvalue weighted by molar-refractivity contribution is 0.101. The topological polar surface area (TPSA) is 103 Å². The van der Waals surface area contributed by atoms with E-state index in [0.717, 1.165) is 12.8 Å². The first-order valence-corrected chi connectivity index (χ1v) is 11.2. The molecule has 0 aliphatic carbocycles. The highest BCUT2D eigenvalue weighted by atomic mass is 32.2. The molecule has 8 nitrogen and oxygen atoms in total. The van der Waals surface area contributed by atoms with Gasteiger partial charge in [-0.05, 0) is 49.2 Å². The van der Waals surface area contributed by atoms with Crippen molar-refractivity contribution in [2.24, 2.45) is 0 Å². The lowest BCUT2D eigenvalue weighted by Crippen LogP contribution is -2.31. The minimum absolute atomic E-state index is 0.0792. The molecule has 1 fully saturated rings. The van der Waals surface area contributed by atoms with Crippen LogP contribution in [0.3, 0.4) is 0 Å². The maximum absolute atomic E-state index is 12.6. The molecule has 1 atom stereocenters. The quantitative estimate of drug-likeness (QED) is 0.557. The summed E-state index contributed by atoms with van der Waals surface area (Å²) < 4.78 is 43.4. The van der Waals surface area contributed by atoms with Crippen LogP contribution in [0.2, 0.25) is 0 Å². The van der Waals surface area contributed by atoms with Gasteiger partial charge in [0.15, 0.2) is 0 Å². The number of nitrogens with one attached hydrogen (secondary N) is 2. The van der Waals surface area contributed by atoms with Crippen LogP contribution in [-0.4, -0.2) is 53.9 Å². The van der Waals surface area contributed by atoms with E-state index < -0.39 is 10.0 Å². The Hall–Kier alpha value is -2.46. The van der Waals surface area contributed by atoms with Crippen molar-refractivity contribution >= 4 is 21.6 Å². The molecule has 9 heteroatoms. The zero-order valence-corrected chi connectivity index (χ0v) is 17.6. The number of methoxy groups -OCH3 is 1. The average Bonchev–Trinajstić information content (AvgIpc) is 3.27. The van der Waals surface area contributed by atoms with Crippen LogP contribution >= 0.6 is 0 Å². The molecule has 1 heterocycles. The van der Waals surface area contributed by atoms with Crippen LogP contribution in [0.4, 0.5) is 5.69 Å². The molecule has 162 valence electrons.